The van der Waals surface area contributed by atoms with Crippen LogP contribution in [0.2, 0.25) is 5.02 Å². The average Bonchev–Trinajstić information content (AvgIpc) is 3.00. The number of rotatable bonds is 7. The molecule has 1 aliphatic heterocycles. The first-order chi connectivity index (χ1) is 12.6. The maximum absolute atomic E-state index is 6.10. The molecule has 5 nitrogen and oxygen atoms in total. The highest BCUT2D eigenvalue weighted by molar-refractivity contribution is 6.30. The minimum Gasteiger partial charge on any atom is -0.354 e. The molecule has 0 saturated carbocycles. The summed E-state index contributed by atoms with van der Waals surface area (Å²) < 4.78 is 2.12. The predicted molar refractivity (Wildman–Crippen MR) is 110 cm³/mol. The van der Waals surface area contributed by atoms with Gasteiger partial charge in [0.2, 0.25) is 0 Å². The normalized spacial score (nSPS) is 15.6. The summed E-state index contributed by atoms with van der Waals surface area (Å²) in [6.07, 6.45) is 2.10. The van der Waals surface area contributed by atoms with Crippen molar-refractivity contribution >= 4 is 17.4 Å². The minimum absolute atomic E-state index is 0.753. The summed E-state index contributed by atoms with van der Waals surface area (Å²) in [6.45, 7) is 10.4. The molecule has 0 bridgehead atoms. The summed E-state index contributed by atoms with van der Waals surface area (Å²) in [5.41, 5.74) is 3.62. The zero-order valence-electron chi connectivity index (χ0n) is 16.1. The number of nitrogens with zero attached hydrogens (tertiary/aromatic N) is 4. The first-order valence-electron chi connectivity index (χ1n) is 9.65. The van der Waals surface area contributed by atoms with Gasteiger partial charge in [0.05, 0.1) is 11.4 Å². The third-order valence-corrected chi connectivity index (χ3v) is 5.20. The fourth-order valence-electron chi connectivity index (χ4n) is 3.46. The van der Waals surface area contributed by atoms with Crippen molar-refractivity contribution in [2.45, 2.75) is 33.2 Å². The number of aromatic nitrogens is 2. The second-order valence-corrected chi connectivity index (χ2v) is 7.39. The molecule has 1 saturated heterocycles. The van der Waals surface area contributed by atoms with Crippen molar-refractivity contribution in [1.82, 2.24) is 20.0 Å². The van der Waals surface area contributed by atoms with E-state index >= 15 is 0 Å². The Labute approximate surface area is 161 Å². The molecule has 1 N–H and O–H groups in total. The summed E-state index contributed by atoms with van der Waals surface area (Å²) in [5, 5.41) is 9.29. The van der Waals surface area contributed by atoms with E-state index in [1.165, 1.54) is 17.1 Å². The van der Waals surface area contributed by atoms with E-state index in [-0.39, 0.29) is 0 Å². The van der Waals surface area contributed by atoms with Gasteiger partial charge in [0.25, 0.3) is 0 Å². The summed E-state index contributed by atoms with van der Waals surface area (Å²) in [5.74, 6) is 1.24. The van der Waals surface area contributed by atoms with E-state index < -0.39 is 0 Å². The molecule has 26 heavy (non-hydrogen) atoms. The van der Waals surface area contributed by atoms with Crippen molar-refractivity contribution in [3.63, 3.8) is 0 Å². The molecule has 1 aliphatic rings. The van der Waals surface area contributed by atoms with Gasteiger partial charge < -0.3 is 15.1 Å². The van der Waals surface area contributed by atoms with Gasteiger partial charge in [0, 0.05) is 43.3 Å². The maximum atomic E-state index is 6.10. The van der Waals surface area contributed by atoms with Gasteiger partial charge >= 0.3 is 0 Å². The largest absolute Gasteiger partial charge is 0.354 e. The Bertz CT molecular complexity index is 702. The zero-order chi connectivity index (χ0) is 18.5. The Morgan fingerprint density at radius 2 is 1.77 bits per heavy atom. The maximum Gasteiger partial charge on any atom is 0.137 e. The van der Waals surface area contributed by atoms with Crippen molar-refractivity contribution in [2.24, 2.45) is 0 Å². The third-order valence-electron chi connectivity index (χ3n) is 4.95. The van der Waals surface area contributed by atoms with E-state index in [1.54, 1.807) is 0 Å². The highest BCUT2D eigenvalue weighted by Gasteiger charge is 2.25. The Kier molecular flexibility index (Phi) is 6.57. The van der Waals surface area contributed by atoms with E-state index in [0.29, 0.717) is 0 Å². The van der Waals surface area contributed by atoms with Crippen molar-refractivity contribution in [3.8, 4) is 5.69 Å². The molecular weight excluding hydrogens is 346 g/mol. The monoisotopic (exact) mass is 375 g/mol. The Hall–Kier alpha value is -1.56. The van der Waals surface area contributed by atoms with Crippen molar-refractivity contribution in [1.29, 1.82) is 0 Å². The van der Waals surface area contributed by atoms with Gasteiger partial charge in [-0.2, -0.15) is 5.10 Å². The average molecular weight is 376 g/mol. The van der Waals surface area contributed by atoms with Gasteiger partial charge in [-0.1, -0.05) is 31.9 Å². The van der Waals surface area contributed by atoms with Gasteiger partial charge in [-0.3, -0.25) is 0 Å². The molecule has 3 rings (SSSR count). The van der Waals surface area contributed by atoms with Crippen LogP contribution >= 0.6 is 11.6 Å². The molecule has 0 unspecified atom stereocenters. The lowest BCUT2D eigenvalue weighted by Gasteiger charge is -2.34. The number of benzene rings is 1. The quantitative estimate of drug-likeness (QED) is 0.805. The van der Waals surface area contributed by atoms with Gasteiger partial charge in [-0.05, 0) is 44.3 Å². The molecule has 0 radical (unpaired) electrons. The fraction of sp³-hybridized carbons (Fsp3) is 0.550. The molecule has 0 atom stereocenters. The number of hydrogen-bond acceptors (Lipinski definition) is 4. The third kappa shape index (κ3) is 4.22. The summed E-state index contributed by atoms with van der Waals surface area (Å²) in [6, 6.07) is 7.99. The molecule has 6 heteroatoms. The van der Waals surface area contributed by atoms with Crippen LogP contribution in [0, 0.1) is 0 Å². The van der Waals surface area contributed by atoms with Gasteiger partial charge in [0.15, 0.2) is 0 Å². The molecule has 1 aromatic carbocycles. The van der Waals surface area contributed by atoms with Gasteiger partial charge in [-0.15, -0.1) is 0 Å². The van der Waals surface area contributed by atoms with Crippen LogP contribution in [0.3, 0.4) is 0 Å². The van der Waals surface area contributed by atoms with Crippen LogP contribution in [-0.4, -0.2) is 54.5 Å². The molecule has 0 aliphatic carbocycles. The van der Waals surface area contributed by atoms with Crippen LogP contribution < -0.4 is 10.2 Å². The van der Waals surface area contributed by atoms with Crippen molar-refractivity contribution < 1.29 is 0 Å². The predicted octanol–water partition coefficient (Wildman–Crippen LogP) is 3.34. The lowest BCUT2D eigenvalue weighted by molar-refractivity contribution is 0.311. The number of halogens is 1. The van der Waals surface area contributed by atoms with E-state index in [0.717, 1.165) is 62.8 Å². The summed E-state index contributed by atoms with van der Waals surface area (Å²) in [7, 11) is 2.19. The van der Waals surface area contributed by atoms with E-state index in [1.807, 2.05) is 12.1 Å². The molecular formula is C20H30ClN5. The zero-order valence-corrected chi connectivity index (χ0v) is 16.9. The molecule has 0 amide bonds. The number of piperazine rings is 1. The van der Waals surface area contributed by atoms with E-state index in [4.69, 9.17) is 16.7 Å². The number of aryl methyl sites for hydroxylation is 1. The summed E-state index contributed by atoms with van der Waals surface area (Å²) in [4.78, 5) is 4.88. The summed E-state index contributed by atoms with van der Waals surface area (Å²) >= 11 is 6.10. The number of anilines is 1. The first-order valence-corrected chi connectivity index (χ1v) is 10.0. The standard InChI is InChI=1S/C20H30ClN5/c1-4-6-19-18(15-22-5-2)20(25-13-11-24(3)12-14-25)26(23-19)17-9-7-16(21)8-10-17/h7-10,22H,4-6,11-15H2,1-3H3. The number of likely N-dealkylation sites (N-methyl/N-ethyl adjacent to an activating group) is 1. The second-order valence-electron chi connectivity index (χ2n) is 6.96. The molecule has 1 fully saturated rings. The van der Waals surface area contributed by atoms with Crippen LogP contribution in [-0.2, 0) is 13.0 Å². The Morgan fingerprint density at radius 3 is 2.38 bits per heavy atom. The van der Waals surface area contributed by atoms with Crippen LogP contribution in [0.5, 0.6) is 0 Å². The Balaban J connectivity index is 2.07. The highest BCUT2D eigenvalue weighted by Crippen LogP contribution is 2.30. The molecule has 142 valence electrons. The van der Waals surface area contributed by atoms with Crippen LogP contribution in [0.25, 0.3) is 5.69 Å². The number of nitrogens with one attached hydrogen (secondary N) is 1. The molecule has 1 aromatic heterocycles. The van der Waals surface area contributed by atoms with Crippen molar-refractivity contribution in [3.05, 3.63) is 40.5 Å². The lowest BCUT2D eigenvalue weighted by Crippen LogP contribution is -2.45. The van der Waals surface area contributed by atoms with E-state index in [9.17, 15) is 0 Å². The van der Waals surface area contributed by atoms with Gasteiger partial charge in [-0.25, -0.2) is 4.68 Å². The van der Waals surface area contributed by atoms with Crippen molar-refractivity contribution in [2.75, 3.05) is 44.7 Å². The second kappa shape index (κ2) is 8.89. The van der Waals surface area contributed by atoms with Crippen LogP contribution in [0.4, 0.5) is 5.82 Å². The lowest BCUT2D eigenvalue weighted by atomic mass is 10.1. The minimum atomic E-state index is 0.753. The smallest absolute Gasteiger partial charge is 0.137 e. The van der Waals surface area contributed by atoms with Crippen LogP contribution in [0.15, 0.2) is 24.3 Å². The topological polar surface area (TPSA) is 36.3 Å². The SMILES string of the molecule is CCCc1nn(-c2ccc(Cl)cc2)c(N2CCN(C)CC2)c1CNCC. The molecule has 0 spiro atoms. The highest BCUT2D eigenvalue weighted by atomic mass is 35.5. The van der Waals surface area contributed by atoms with Gasteiger partial charge in [0.1, 0.15) is 5.82 Å². The Morgan fingerprint density at radius 1 is 1.08 bits per heavy atom. The fourth-order valence-corrected chi connectivity index (χ4v) is 3.59. The first kappa shape index (κ1) is 19.2. The van der Waals surface area contributed by atoms with Crippen LogP contribution in [0.1, 0.15) is 31.5 Å². The van der Waals surface area contributed by atoms with E-state index in [2.05, 4.69) is 52.8 Å². The molecule has 2 heterocycles. The number of hydrogen-bond donors (Lipinski definition) is 1. The molecule has 2 aromatic rings.